The van der Waals surface area contributed by atoms with Crippen LogP contribution in [0.4, 0.5) is 8.78 Å². The van der Waals surface area contributed by atoms with E-state index in [1.165, 1.54) is 6.07 Å². The van der Waals surface area contributed by atoms with Crippen molar-refractivity contribution in [2.24, 2.45) is 0 Å². The Morgan fingerprint density at radius 1 is 1.47 bits per heavy atom. The Balaban J connectivity index is 2.14. The van der Waals surface area contributed by atoms with Crippen molar-refractivity contribution in [1.82, 2.24) is 5.32 Å². The molecule has 3 unspecified atom stereocenters. The van der Waals surface area contributed by atoms with Crippen LogP contribution in [0, 0.1) is 0 Å². The summed E-state index contributed by atoms with van der Waals surface area (Å²) in [6.45, 7) is -0.791. The van der Waals surface area contributed by atoms with Gasteiger partial charge in [0.15, 0.2) is 0 Å². The molecule has 106 valence electrons. The van der Waals surface area contributed by atoms with Crippen LogP contribution in [-0.4, -0.2) is 28.4 Å². The third-order valence-corrected chi connectivity index (χ3v) is 4.63. The highest BCUT2D eigenvalue weighted by Crippen LogP contribution is 2.24. The number of hydrogen-bond acceptors (Lipinski definition) is 3. The molecule has 3 nitrogen and oxygen atoms in total. The number of alkyl halides is 2. The summed E-state index contributed by atoms with van der Waals surface area (Å²) in [5, 5.41) is 3.39. The van der Waals surface area contributed by atoms with E-state index in [-0.39, 0.29) is 17.8 Å². The highest BCUT2D eigenvalue weighted by molar-refractivity contribution is 7.85. The molecule has 0 aromatic heterocycles. The lowest BCUT2D eigenvalue weighted by atomic mass is 10.1. The van der Waals surface area contributed by atoms with Gasteiger partial charge in [-0.1, -0.05) is 19.1 Å². The lowest BCUT2D eigenvalue weighted by molar-refractivity contribution is -0.0499. The first-order chi connectivity index (χ1) is 9.08. The van der Waals surface area contributed by atoms with E-state index in [2.05, 4.69) is 10.1 Å². The number of hydrogen-bond donors (Lipinski definition) is 1. The molecule has 1 N–H and O–H groups in total. The highest BCUT2D eigenvalue weighted by atomic mass is 32.2. The number of benzene rings is 1. The Kier molecular flexibility index (Phi) is 4.87. The first kappa shape index (κ1) is 14.4. The predicted molar refractivity (Wildman–Crippen MR) is 70.9 cm³/mol. The molecular weight excluding hydrogens is 272 g/mol. The van der Waals surface area contributed by atoms with Gasteiger partial charge in [0.2, 0.25) is 0 Å². The van der Waals surface area contributed by atoms with Crippen LogP contribution < -0.4 is 10.1 Å². The Morgan fingerprint density at radius 2 is 2.26 bits per heavy atom. The number of nitrogens with one attached hydrogen (secondary N) is 1. The molecule has 1 saturated heterocycles. The second-order valence-electron chi connectivity index (χ2n) is 4.55. The Hall–Kier alpha value is -1.01. The SMILES string of the molecule is CCC1CS(=O)CC(c2cccc(OC(F)F)c2)N1. The molecular formula is C13H17F2NO2S. The molecule has 0 saturated carbocycles. The van der Waals surface area contributed by atoms with E-state index in [9.17, 15) is 13.0 Å². The summed E-state index contributed by atoms with van der Waals surface area (Å²) in [7, 11) is -0.870. The van der Waals surface area contributed by atoms with Crippen molar-refractivity contribution in [2.75, 3.05) is 11.5 Å². The normalized spacial score (nSPS) is 27.5. The van der Waals surface area contributed by atoms with E-state index >= 15 is 0 Å². The van der Waals surface area contributed by atoms with Gasteiger partial charge in [0.1, 0.15) is 5.75 Å². The van der Waals surface area contributed by atoms with Crippen LogP contribution in [0.2, 0.25) is 0 Å². The summed E-state index contributed by atoms with van der Waals surface area (Å²) in [6, 6.07) is 6.73. The van der Waals surface area contributed by atoms with Crippen LogP contribution in [0.25, 0.3) is 0 Å². The lowest BCUT2D eigenvalue weighted by Crippen LogP contribution is -2.44. The van der Waals surface area contributed by atoms with Crippen LogP contribution in [0.5, 0.6) is 5.75 Å². The monoisotopic (exact) mass is 289 g/mol. The van der Waals surface area contributed by atoms with Crippen molar-refractivity contribution >= 4 is 10.8 Å². The molecule has 2 rings (SSSR count). The van der Waals surface area contributed by atoms with Gasteiger partial charge in [-0.15, -0.1) is 0 Å². The van der Waals surface area contributed by atoms with Crippen molar-refractivity contribution in [2.45, 2.75) is 32.0 Å². The lowest BCUT2D eigenvalue weighted by Gasteiger charge is -2.30. The van der Waals surface area contributed by atoms with E-state index in [4.69, 9.17) is 0 Å². The molecule has 0 aliphatic carbocycles. The van der Waals surface area contributed by atoms with Gasteiger partial charge >= 0.3 is 6.61 Å². The third-order valence-electron chi connectivity index (χ3n) is 3.15. The fourth-order valence-corrected chi connectivity index (χ4v) is 3.77. The average molecular weight is 289 g/mol. The van der Waals surface area contributed by atoms with Gasteiger partial charge in [-0.05, 0) is 24.1 Å². The van der Waals surface area contributed by atoms with Crippen LogP contribution >= 0.6 is 0 Å². The van der Waals surface area contributed by atoms with Gasteiger partial charge in [-0.2, -0.15) is 8.78 Å². The largest absolute Gasteiger partial charge is 0.435 e. The van der Waals surface area contributed by atoms with E-state index in [0.717, 1.165) is 12.0 Å². The fraction of sp³-hybridized carbons (Fsp3) is 0.538. The molecule has 1 heterocycles. The molecule has 0 radical (unpaired) electrons. The second-order valence-corrected chi connectivity index (χ2v) is 6.09. The highest BCUT2D eigenvalue weighted by Gasteiger charge is 2.25. The zero-order valence-corrected chi connectivity index (χ0v) is 11.5. The fourth-order valence-electron chi connectivity index (χ4n) is 2.19. The minimum atomic E-state index is -2.83. The number of ether oxygens (including phenoxy) is 1. The maximum atomic E-state index is 12.2. The smallest absolute Gasteiger partial charge is 0.387 e. The Labute approximate surface area is 113 Å². The number of rotatable bonds is 4. The van der Waals surface area contributed by atoms with Gasteiger partial charge in [0.05, 0.1) is 0 Å². The van der Waals surface area contributed by atoms with E-state index in [1.807, 2.05) is 13.0 Å². The van der Waals surface area contributed by atoms with Crippen molar-refractivity contribution in [3.8, 4) is 5.75 Å². The van der Waals surface area contributed by atoms with E-state index < -0.39 is 17.4 Å². The van der Waals surface area contributed by atoms with E-state index in [1.54, 1.807) is 12.1 Å². The standard InChI is InChI=1S/C13H17F2NO2S/c1-2-10-7-19(17)8-12(16-10)9-4-3-5-11(6-9)18-13(14)15/h3-6,10,12-13,16H,2,7-8H2,1H3. The first-order valence-electron chi connectivity index (χ1n) is 6.24. The van der Waals surface area contributed by atoms with Gasteiger partial charge in [0.25, 0.3) is 0 Å². The molecule has 1 aromatic rings. The molecule has 0 spiro atoms. The van der Waals surface area contributed by atoms with Crippen molar-refractivity contribution in [3.05, 3.63) is 29.8 Å². The summed E-state index contributed by atoms with van der Waals surface area (Å²) in [5.74, 6) is 1.30. The third kappa shape index (κ3) is 3.98. The van der Waals surface area contributed by atoms with Crippen LogP contribution in [0.3, 0.4) is 0 Å². The molecule has 0 bridgehead atoms. The van der Waals surface area contributed by atoms with Crippen molar-refractivity contribution < 1.29 is 17.7 Å². The van der Waals surface area contributed by atoms with Crippen molar-refractivity contribution in [1.29, 1.82) is 0 Å². The molecule has 6 heteroatoms. The molecule has 1 aromatic carbocycles. The summed E-state index contributed by atoms with van der Waals surface area (Å²) in [5.41, 5.74) is 0.838. The zero-order chi connectivity index (χ0) is 13.8. The minimum Gasteiger partial charge on any atom is -0.435 e. The topological polar surface area (TPSA) is 38.3 Å². The van der Waals surface area contributed by atoms with Crippen LogP contribution in [0.15, 0.2) is 24.3 Å². The first-order valence-corrected chi connectivity index (χ1v) is 7.73. The maximum absolute atomic E-state index is 12.2. The molecule has 1 fully saturated rings. The van der Waals surface area contributed by atoms with Gasteiger partial charge in [-0.3, -0.25) is 4.21 Å². The van der Waals surface area contributed by atoms with Crippen LogP contribution in [0.1, 0.15) is 24.9 Å². The van der Waals surface area contributed by atoms with Gasteiger partial charge < -0.3 is 10.1 Å². The number of halogens is 2. The molecule has 19 heavy (non-hydrogen) atoms. The molecule has 3 atom stereocenters. The summed E-state index contributed by atoms with van der Waals surface area (Å²) >= 11 is 0. The summed E-state index contributed by atoms with van der Waals surface area (Å²) < 4.78 is 40.6. The van der Waals surface area contributed by atoms with Gasteiger partial charge in [-0.25, -0.2) is 0 Å². The van der Waals surface area contributed by atoms with Crippen LogP contribution in [-0.2, 0) is 10.8 Å². The maximum Gasteiger partial charge on any atom is 0.387 e. The van der Waals surface area contributed by atoms with E-state index in [0.29, 0.717) is 11.5 Å². The molecule has 1 aliphatic rings. The summed E-state index contributed by atoms with van der Waals surface area (Å²) in [4.78, 5) is 0. The average Bonchev–Trinajstić information content (AvgIpc) is 2.37. The quantitative estimate of drug-likeness (QED) is 0.925. The zero-order valence-electron chi connectivity index (χ0n) is 10.6. The predicted octanol–water partition coefficient (Wildman–Crippen LogP) is 2.46. The molecule has 0 amide bonds. The van der Waals surface area contributed by atoms with Gasteiger partial charge in [0, 0.05) is 34.4 Å². The van der Waals surface area contributed by atoms with Crippen molar-refractivity contribution in [3.63, 3.8) is 0 Å². The molecule has 1 aliphatic heterocycles. The minimum absolute atomic E-state index is 0.0687. The Bertz CT molecular complexity index is 456. The summed E-state index contributed by atoms with van der Waals surface area (Å²) in [6.07, 6.45) is 0.898. The Morgan fingerprint density at radius 3 is 2.95 bits per heavy atom. The second kappa shape index (κ2) is 6.43.